The maximum absolute atomic E-state index is 13.0. The van der Waals surface area contributed by atoms with Crippen molar-refractivity contribution in [1.82, 2.24) is 24.7 Å². The van der Waals surface area contributed by atoms with E-state index in [-0.39, 0.29) is 11.9 Å². The molecule has 29 heavy (non-hydrogen) atoms. The second kappa shape index (κ2) is 8.34. The molecule has 1 saturated carbocycles. The molecule has 0 bridgehead atoms. The molecule has 160 valence electrons. The molecule has 1 aromatic heterocycles. The van der Waals surface area contributed by atoms with Crippen molar-refractivity contribution in [2.45, 2.75) is 76.7 Å². The molecule has 1 aromatic rings. The van der Waals surface area contributed by atoms with Crippen molar-refractivity contribution in [3.63, 3.8) is 0 Å². The molecule has 1 aliphatic carbocycles. The van der Waals surface area contributed by atoms with Crippen LogP contribution >= 0.6 is 0 Å². The number of urea groups is 1. The Kier molecular flexibility index (Phi) is 5.81. The summed E-state index contributed by atoms with van der Waals surface area (Å²) >= 11 is 0. The summed E-state index contributed by atoms with van der Waals surface area (Å²) < 4.78 is 8.53. The summed E-state index contributed by atoms with van der Waals surface area (Å²) in [6, 6.07) is 0.348. The number of imidazole rings is 1. The van der Waals surface area contributed by atoms with Gasteiger partial charge in [0.2, 0.25) is 0 Å². The smallest absolute Gasteiger partial charge is 0.317 e. The van der Waals surface area contributed by atoms with E-state index in [1.54, 1.807) is 6.20 Å². The fourth-order valence-corrected chi connectivity index (χ4v) is 5.01. The number of nitrogens with zero attached hydrogens (tertiary/aromatic N) is 4. The van der Waals surface area contributed by atoms with Crippen LogP contribution in [0.5, 0.6) is 0 Å². The number of nitrogens with one attached hydrogen (secondary N) is 1. The van der Waals surface area contributed by atoms with Crippen LogP contribution in [0.4, 0.5) is 4.79 Å². The molecule has 0 unspecified atom stereocenters. The molecule has 1 atom stereocenters. The lowest BCUT2D eigenvalue weighted by atomic mass is 9.88. The van der Waals surface area contributed by atoms with E-state index in [2.05, 4.69) is 14.9 Å². The van der Waals surface area contributed by atoms with Gasteiger partial charge >= 0.3 is 6.03 Å². The topological polar surface area (TPSA) is 79.7 Å². The van der Waals surface area contributed by atoms with Gasteiger partial charge in [-0.1, -0.05) is 12.8 Å². The summed E-state index contributed by atoms with van der Waals surface area (Å²) in [5.74, 6) is 0.923. The predicted molar refractivity (Wildman–Crippen MR) is 108 cm³/mol. The maximum atomic E-state index is 13.0. The van der Waals surface area contributed by atoms with Crippen LogP contribution in [0.15, 0.2) is 12.4 Å². The van der Waals surface area contributed by atoms with Gasteiger partial charge in [0, 0.05) is 57.5 Å². The van der Waals surface area contributed by atoms with E-state index in [1.165, 1.54) is 12.8 Å². The van der Waals surface area contributed by atoms with Gasteiger partial charge in [-0.05, 0) is 26.7 Å². The highest BCUT2D eigenvalue weighted by Gasteiger charge is 2.48. The molecule has 3 heterocycles. The first-order chi connectivity index (χ1) is 14.1. The average molecular weight is 404 g/mol. The van der Waals surface area contributed by atoms with Crippen molar-refractivity contribution in [3.8, 4) is 0 Å². The fraction of sp³-hybridized carbons (Fsp3) is 0.762. The highest BCUT2D eigenvalue weighted by Crippen LogP contribution is 2.40. The average Bonchev–Trinajstić information content (AvgIpc) is 3.41. The number of aromatic nitrogens is 2. The zero-order valence-corrected chi connectivity index (χ0v) is 17.6. The number of likely N-dealkylation sites (N-methyl/N-ethyl adjacent to an activating group) is 1. The van der Waals surface area contributed by atoms with E-state index < -0.39 is 11.7 Å². The van der Waals surface area contributed by atoms with Crippen molar-refractivity contribution >= 4 is 11.9 Å². The summed E-state index contributed by atoms with van der Waals surface area (Å²) in [4.78, 5) is 33.9. The monoisotopic (exact) mass is 403 g/mol. The molecule has 3 amide bonds. The first-order valence-electron chi connectivity index (χ1n) is 11.1. The molecule has 1 spiro atoms. The summed E-state index contributed by atoms with van der Waals surface area (Å²) in [5, 5.41) is 3.18. The third-order valence-electron chi connectivity index (χ3n) is 6.75. The highest BCUT2D eigenvalue weighted by molar-refractivity contribution is 5.81. The highest BCUT2D eigenvalue weighted by atomic mass is 16.5. The molecular weight excluding hydrogens is 370 g/mol. The third kappa shape index (κ3) is 3.86. The van der Waals surface area contributed by atoms with Crippen LogP contribution in [0.1, 0.15) is 58.2 Å². The predicted octanol–water partition coefficient (Wildman–Crippen LogP) is 2.09. The Morgan fingerprint density at radius 1 is 1.24 bits per heavy atom. The Labute approximate surface area is 172 Å². The number of piperidine rings is 1. The number of ether oxygens (including phenoxy) is 1. The van der Waals surface area contributed by atoms with Gasteiger partial charge in [-0.2, -0.15) is 0 Å². The fourth-order valence-electron chi connectivity index (χ4n) is 5.01. The van der Waals surface area contributed by atoms with Crippen LogP contribution in [0.3, 0.4) is 0 Å². The molecule has 8 heteroatoms. The van der Waals surface area contributed by atoms with Crippen LogP contribution in [0, 0.1) is 0 Å². The molecule has 2 fully saturated rings. The number of fused-ring (bicyclic) bond motifs is 2. The Morgan fingerprint density at radius 2 is 1.93 bits per heavy atom. The summed E-state index contributed by atoms with van der Waals surface area (Å²) in [6.07, 6.45) is 9.09. The van der Waals surface area contributed by atoms with Crippen molar-refractivity contribution in [1.29, 1.82) is 0 Å². The zero-order chi connectivity index (χ0) is 20.4. The van der Waals surface area contributed by atoms with Crippen molar-refractivity contribution in [3.05, 3.63) is 18.2 Å². The van der Waals surface area contributed by atoms with Crippen LogP contribution in [0.2, 0.25) is 0 Å². The Morgan fingerprint density at radius 3 is 2.59 bits per heavy atom. The number of carbonyl (C=O) groups is 2. The molecule has 0 radical (unpaired) electrons. The van der Waals surface area contributed by atoms with Crippen molar-refractivity contribution in [2.75, 3.05) is 26.2 Å². The molecule has 2 aliphatic heterocycles. The van der Waals surface area contributed by atoms with Crippen LogP contribution < -0.4 is 5.32 Å². The second-order valence-electron chi connectivity index (χ2n) is 8.43. The minimum absolute atomic E-state index is 0.0293. The lowest BCUT2D eigenvalue weighted by Gasteiger charge is -2.46. The summed E-state index contributed by atoms with van der Waals surface area (Å²) in [6.45, 7) is 7.05. The Balaban J connectivity index is 1.46. The van der Waals surface area contributed by atoms with E-state index in [0.29, 0.717) is 51.6 Å². The second-order valence-corrected chi connectivity index (χ2v) is 8.43. The standard InChI is InChI=1S/C21H33N5O3/c1-3-24(4-2)18(27)17-15-26-14-11-22-19(26)21(29-17)9-12-25(13-10-21)20(28)23-16-7-5-6-8-16/h11,14,16-17H,3-10,12-13,15H2,1-2H3,(H,23,28)/t17-/m1/s1. The SMILES string of the molecule is CCN(CC)C(=O)[C@H]1Cn2ccnc2C2(CCN(C(=O)NC3CCCC3)CC2)O1. The lowest BCUT2D eigenvalue weighted by Crippen LogP contribution is -2.56. The third-order valence-corrected chi connectivity index (χ3v) is 6.75. The molecule has 4 rings (SSSR count). The molecule has 1 N–H and O–H groups in total. The largest absolute Gasteiger partial charge is 0.352 e. The number of carbonyl (C=O) groups excluding carboxylic acids is 2. The molecule has 8 nitrogen and oxygen atoms in total. The minimum Gasteiger partial charge on any atom is -0.352 e. The first kappa shape index (κ1) is 20.2. The number of hydrogen-bond acceptors (Lipinski definition) is 4. The van der Waals surface area contributed by atoms with E-state index in [9.17, 15) is 9.59 Å². The molecule has 0 aromatic carbocycles. The van der Waals surface area contributed by atoms with Gasteiger partial charge < -0.3 is 24.4 Å². The quantitative estimate of drug-likeness (QED) is 0.835. The normalized spacial score (nSPS) is 23.8. The van der Waals surface area contributed by atoms with Gasteiger partial charge in [0.15, 0.2) is 6.10 Å². The van der Waals surface area contributed by atoms with Crippen molar-refractivity contribution < 1.29 is 14.3 Å². The summed E-state index contributed by atoms with van der Waals surface area (Å²) in [5.41, 5.74) is -0.598. The Bertz CT molecular complexity index is 730. The lowest BCUT2D eigenvalue weighted by molar-refractivity contribution is -0.179. The van der Waals surface area contributed by atoms with E-state index in [4.69, 9.17) is 4.74 Å². The van der Waals surface area contributed by atoms with Gasteiger partial charge in [0.1, 0.15) is 11.4 Å². The van der Waals surface area contributed by atoms with E-state index in [0.717, 1.165) is 18.7 Å². The molecular formula is C21H33N5O3. The van der Waals surface area contributed by atoms with E-state index in [1.807, 2.05) is 29.8 Å². The first-order valence-corrected chi connectivity index (χ1v) is 11.1. The Hall–Kier alpha value is -2.09. The minimum atomic E-state index is -0.598. The zero-order valence-electron chi connectivity index (χ0n) is 17.6. The van der Waals surface area contributed by atoms with Crippen LogP contribution in [-0.4, -0.2) is 69.6 Å². The van der Waals surface area contributed by atoms with Gasteiger partial charge in [0.25, 0.3) is 5.91 Å². The molecule has 1 saturated heterocycles. The molecule has 3 aliphatic rings. The number of amides is 3. The van der Waals surface area contributed by atoms with Gasteiger partial charge in [-0.25, -0.2) is 9.78 Å². The van der Waals surface area contributed by atoms with E-state index >= 15 is 0 Å². The van der Waals surface area contributed by atoms with Gasteiger partial charge in [-0.3, -0.25) is 4.79 Å². The summed E-state index contributed by atoms with van der Waals surface area (Å²) in [7, 11) is 0. The maximum Gasteiger partial charge on any atom is 0.317 e. The van der Waals surface area contributed by atoms with Gasteiger partial charge in [0.05, 0.1) is 6.54 Å². The van der Waals surface area contributed by atoms with Crippen molar-refractivity contribution in [2.24, 2.45) is 0 Å². The van der Waals surface area contributed by atoms with Gasteiger partial charge in [-0.15, -0.1) is 0 Å². The number of hydrogen-bond donors (Lipinski definition) is 1. The number of rotatable bonds is 4. The van der Waals surface area contributed by atoms with Crippen LogP contribution in [-0.2, 0) is 21.7 Å². The number of likely N-dealkylation sites (tertiary alicyclic amines) is 1. The van der Waals surface area contributed by atoms with Crippen LogP contribution in [0.25, 0.3) is 0 Å².